The van der Waals surface area contributed by atoms with E-state index in [1.807, 2.05) is 12.1 Å². The van der Waals surface area contributed by atoms with Gasteiger partial charge in [0.15, 0.2) is 0 Å². The Morgan fingerprint density at radius 1 is 1.50 bits per heavy atom. The summed E-state index contributed by atoms with van der Waals surface area (Å²) < 4.78 is 0. The highest BCUT2D eigenvalue weighted by Gasteiger charge is 2.25. The van der Waals surface area contributed by atoms with Crippen molar-refractivity contribution < 1.29 is 0 Å². The molecule has 1 aromatic heterocycles. The van der Waals surface area contributed by atoms with E-state index < -0.39 is 0 Å². The fraction of sp³-hybridized carbons (Fsp3) is 0.583. The monoisotopic (exact) mass is 220 g/mol. The predicted molar refractivity (Wildman–Crippen MR) is 67.6 cm³/mol. The largest absolute Gasteiger partial charge is 0.397 e. The van der Waals surface area contributed by atoms with Gasteiger partial charge in [-0.25, -0.2) is 4.98 Å². The zero-order valence-corrected chi connectivity index (χ0v) is 10.1. The number of nitrogens with zero attached hydrogens (tertiary/aromatic N) is 3. The average Bonchev–Trinajstić information content (AvgIpc) is 2.66. The number of hydrogen-bond acceptors (Lipinski definition) is 4. The van der Waals surface area contributed by atoms with Crippen molar-refractivity contribution in [2.45, 2.75) is 18.9 Å². The summed E-state index contributed by atoms with van der Waals surface area (Å²) in [6.45, 7) is 2.20. The molecule has 2 N–H and O–H groups in total. The minimum absolute atomic E-state index is 0.589. The van der Waals surface area contributed by atoms with Crippen molar-refractivity contribution in [3.8, 4) is 0 Å². The van der Waals surface area contributed by atoms with E-state index in [0.29, 0.717) is 6.04 Å². The highest BCUT2D eigenvalue weighted by molar-refractivity contribution is 5.47. The Bertz CT molecular complexity index is 333. The highest BCUT2D eigenvalue weighted by Crippen LogP contribution is 2.24. The van der Waals surface area contributed by atoms with Gasteiger partial charge in [-0.3, -0.25) is 0 Å². The SMILES string of the molecule is CN(C)CC1CCCN1c1ccc(N)cn1. The summed E-state index contributed by atoms with van der Waals surface area (Å²) in [5.41, 5.74) is 6.38. The molecule has 4 nitrogen and oxygen atoms in total. The Kier molecular flexibility index (Phi) is 3.29. The predicted octanol–water partition coefficient (Wildman–Crippen LogP) is 1.19. The van der Waals surface area contributed by atoms with Crippen LogP contribution in [0, 0.1) is 0 Å². The Balaban J connectivity index is 2.10. The third-order valence-electron chi connectivity index (χ3n) is 3.02. The molecule has 1 aromatic rings. The number of hydrogen-bond donors (Lipinski definition) is 1. The van der Waals surface area contributed by atoms with Gasteiger partial charge in [0.2, 0.25) is 0 Å². The van der Waals surface area contributed by atoms with Crippen LogP contribution in [0.1, 0.15) is 12.8 Å². The fourth-order valence-corrected chi connectivity index (χ4v) is 2.32. The van der Waals surface area contributed by atoms with Gasteiger partial charge in [-0.15, -0.1) is 0 Å². The molecule has 1 unspecified atom stereocenters. The Hall–Kier alpha value is -1.29. The standard InChI is InChI=1S/C12H20N4/c1-15(2)9-11-4-3-7-16(11)12-6-5-10(13)8-14-12/h5-6,8,11H,3-4,7,9,13H2,1-2H3. The molecule has 88 valence electrons. The minimum Gasteiger partial charge on any atom is -0.397 e. The van der Waals surface area contributed by atoms with Crippen molar-refractivity contribution >= 4 is 11.5 Å². The molecule has 0 spiro atoms. The molecule has 2 heterocycles. The van der Waals surface area contributed by atoms with Gasteiger partial charge in [-0.1, -0.05) is 0 Å². The van der Waals surface area contributed by atoms with Crippen molar-refractivity contribution in [1.29, 1.82) is 0 Å². The first-order valence-electron chi connectivity index (χ1n) is 5.80. The second kappa shape index (κ2) is 4.70. The van der Waals surface area contributed by atoms with Crippen LogP contribution in [-0.2, 0) is 0 Å². The molecule has 2 rings (SSSR count). The van der Waals surface area contributed by atoms with Gasteiger partial charge in [-0.05, 0) is 39.1 Å². The summed E-state index contributed by atoms with van der Waals surface area (Å²) in [5.74, 6) is 1.05. The zero-order valence-electron chi connectivity index (χ0n) is 10.1. The lowest BCUT2D eigenvalue weighted by Crippen LogP contribution is -2.37. The highest BCUT2D eigenvalue weighted by atomic mass is 15.3. The number of nitrogen functional groups attached to an aromatic ring is 1. The molecule has 0 amide bonds. The van der Waals surface area contributed by atoms with Gasteiger partial charge in [0.05, 0.1) is 11.9 Å². The molecule has 0 aromatic carbocycles. The van der Waals surface area contributed by atoms with Crippen LogP contribution in [0.15, 0.2) is 18.3 Å². The lowest BCUT2D eigenvalue weighted by molar-refractivity contribution is 0.371. The lowest BCUT2D eigenvalue weighted by Gasteiger charge is -2.28. The molecule has 1 saturated heterocycles. The maximum atomic E-state index is 5.65. The summed E-state index contributed by atoms with van der Waals surface area (Å²) >= 11 is 0. The second-order valence-corrected chi connectivity index (χ2v) is 4.70. The molecule has 16 heavy (non-hydrogen) atoms. The van der Waals surface area contributed by atoms with E-state index >= 15 is 0 Å². The van der Waals surface area contributed by atoms with E-state index in [1.54, 1.807) is 6.20 Å². The Morgan fingerprint density at radius 2 is 2.31 bits per heavy atom. The van der Waals surface area contributed by atoms with Crippen LogP contribution in [0.4, 0.5) is 11.5 Å². The fourth-order valence-electron chi connectivity index (χ4n) is 2.32. The van der Waals surface area contributed by atoms with Crippen LogP contribution in [0.25, 0.3) is 0 Å². The Labute approximate surface area is 97.1 Å². The summed E-state index contributed by atoms with van der Waals surface area (Å²) in [5, 5.41) is 0. The topological polar surface area (TPSA) is 45.4 Å². The van der Waals surface area contributed by atoms with Crippen LogP contribution >= 0.6 is 0 Å². The molecule has 1 aliphatic rings. The molecule has 1 fully saturated rings. The van der Waals surface area contributed by atoms with Gasteiger partial charge in [0.1, 0.15) is 5.82 Å². The molecular weight excluding hydrogens is 200 g/mol. The third kappa shape index (κ3) is 2.44. The quantitative estimate of drug-likeness (QED) is 0.831. The molecule has 0 aliphatic carbocycles. The normalized spacial score (nSPS) is 20.7. The van der Waals surface area contributed by atoms with E-state index in [1.165, 1.54) is 12.8 Å². The number of pyridine rings is 1. The summed E-state index contributed by atoms with van der Waals surface area (Å²) in [6, 6.07) is 4.53. The first-order chi connectivity index (χ1) is 7.66. The summed E-state index contributed by atoms with van der Waals surface area (Å²) in [7, 11) is 4.24. The number of rotatable bonds is 3. The van der Waals surface area contributed by atoms with Crippen molar-refractivity contribution in [1.82, 2.24) is 9.88 Å². The van der Waals surface area contributed by atoms with Crippen LogP contribution in [0.3, 0.4) is 0 Å². The minimum atomic E-state index is 0.589. The molecule has 0 saturated carbocycles. The van der Waals surface area contributed by atoms with E-state index in [-0.39, 0.29) is 0 Å². The molecule has 0 radical (unpaired) electrons. The van der Waals surface area contributed by atoms with E-state index in [0.717, 1.165) is 24.6 Å². The molecule has 4 heteroatoms. The lowest BCUT2D eigenvalue weighted by atomic mass is 10.2. The van der Waals surface area contributed by atoms with Crippen LogP contribution in [0.5, 0.6) is 0 Å². The number of anilines is 2. The maximum Gasteiger partial charge on any atom is 0.128 e. The van der Waals surface area contributed by atoms with Crippen LogP contribution in [0.2, 0.25) is 0 Å². The van der Waals surface area contributed by atoms with Crippen LogP contribution in [-0.4, -0.2) is 43.1 Å². The summed E-state index contributed by atoms with van der Waals surface area (Å²) in [6.07, 6.45) is 4.25. The van der Waals surface area contributed by atoms with E-state index in [9.17, 15) is 0 Å². The maximum absolute atomic E-state index is 5.65. The molecule has 0 bridgehead atoms. The van der Waals surface area contributed by atoms with Crippen molar-refractivity contribution in [3.63, 3.8) is 0 Å². The van der Waals surface area contributed by atoms with Crippen molar-refractivity contribution in [2.24, 2.45) is 0 Å². The van der Waals surface area contributed by atoms with E-state index in [4.69, 9.17) is 5.73 Å². The smallest absolute Gasteiger partial charge is 0.128 e. The average molecular weight is 220 g/mol. The first-order valence-corrected chi connectivity index (χ1v) is 5.80. The van der Waals surface area contributed by atoms with Gasteiger partial charge in [0.25, 0.3) is 0 Å². The summed E-state index contributed by atoms with van der Waals surface area (Å²) in [4.78, 5) is 9.02. The number of aromatic nitrogens is 1. The molecule has 1 atom stereocenters. The van der Waals surface area contributed by atoms with Crippen molar-refractivity contribution in [3.05, 3.63) is 18.3 Å². The number of nitrogens with two attached hydrogens (primary N) is 1. The Morgan fingerprint density at radius 3 is 2.94 bits per heavy atom. The zero-order chi connectivity index (χ0) is 11.5. The van der Waals surface area contributed by atoms with Crippen molar-refractivity contribution in [2.75, 3.05) is 37.8 Å². The third-order valence-corrected chi connectivity index (χ3v) is 3.02. The van der Waals surface area contributed by atoms with Gasteiger partial charge >= 0.3 is 0 Å². The van der Waals surface area contributed by atoms with E-state index in [2.05, 4.69) is 28.9 Å². The molecular formula is C12H20N4. The van der Waals surface area contributed by atoms with Gasteiger partial charge in [0, 0.05) is 19.1 Å². The van der Waals surface area contributed by atoms with Gasteiger partial charge in [-0.2, -0.15) is 0 Å². The van der Waals surface area contributed by atoms with Crippen LogP contribution < -0.4 is 10.6 Å². The van der Waals surface area contributed by atoms with Gasteiger partial charge < -0.3 is 15.5 Å². The first kappa shape index (κ1) is 11.2. The number of likely N-dealkylation sites (N-methyl/N-ethyl adjacent to an activating group) is 1. The molecule has 1 aliphatic heterocycles. The second-order valence-electron chi connectivity index (χ2n) is 4.70.